The van der Waals surface area contributed by atoms with E-state index in [1.54, 1.807) is 0 Å². The van der Waals surface area contributed by atoms with Crippen molar-refractivity contribution in [1.82, 2.24) is 5.32 Å². The molecular formula is C15H25BrN2O. The molecule has 3 nitrogen and oxygen atoms in total. The second kappa shape index (κ2) is 8.56. The highest BCUT2D eigenvalue weighted by molar-refractivity contribution is 9.10. The lowest BCUT2D eigenvalue weighted by Gasteiger charge is -2.21. The molecular weight excluding hydrogens is 304 g/mol. The van der Waals surface area contributed by atoms with Crippen LogP contribution < -0.4 is 10.2 Å². The van der Waals surface area contributed by atoms with E-state index in [0.29, 0.717) is 12.6 Å². The van der Waals surface area contributed by atoms with Gasteiger partial charge in [0.25, 0.3) is 0 Å². The Morgan fingerprint density at radius 2 is 2.05 bits per heavy atom. The fourth-order valence-corrected chi connectivity index (χ4v) is 2.74. The van der Waals surface area contributed by atoms with Gasteiger partial charge in [-0.3, -0.25) is 0 Å². The summed E-state index contributed by atoms with van der Waals surface area (Å²) in [6.45, 7) is 3.47. The van der Waals surface area contributed by atoms with Gasteiger partial charge in [0.05, 0.1) is 0 Å². The largest absolute Gasteiger partial charge is 0.396 e. The lowest BCUT2D eigenvalue weighted by molar-refractivity contribution is 0.283. The summed E-state index contributed by atoms with van der Waals surface area (Å²) in [5.74, 6) is 0. The minimum atomic E-state index is 0.297. The van der Waals surface area contributed by atoms with Gasteiger partial charge < -0.3 is 15.3 Å². The average Bonchev–Trinajstić information content (AvgIpc) is 2.42. The van der Waals surface area contributed by atoms with Crippen molar-refractivity contribution in [2.24, 2.45) is 0 Å². The Hall–Kier alpha value is -0.580. The van der Waals surface area contributed by atoms with Crippen LogP contribution in [-0.4, -0.2) is 32.4 Å². The van der Waals surface area contributed by atoms with Gasteiger partial charge in [0, 0.05) is 36.4 Å². The van der Waals surface area contributed by atoms with E-state index in [-0.39, 0.29) is 0 Å². The van der Waals surface area contributed by atoms with E-state index < -0.39 is 0 Å². The third-order valence-corrected chi connectivity index (χ3v) is 4.16. The van der Waals surface area contributed by atoms with Crippen LogP contribution in [0.3, 0.4) is 0 Å². The van der Waals surface area contributed by atoms with E-state index >= 15 is 0 Å². The summed E-state index contributed by atoms with van der Waals surface area (Å²) >= 11 is 3.65. The first-order valence-corrected chi connectivity index (χ1v) is 7.68. The predicted octanol–water partition coefficient (Wildman–Crippen LogP) is 3.33. The molecule has 4 heteroatoms. The number of nitrogens with one attached hydrogen (secondary N) is 1. The highest BCUT2D eigenvalue weighted by Gasteiger charge is 2.09. The predicted molar refractivity (Wildman–Crippen MR) is 85.8 cm³/mol. The van der Waals surface area contributed by atoms with Crippen LogP contribution in [0.1, 0.15) is 37.8 Å². The number of rotatable bonds is 8. The lowest BCUT2D eigenvalue weighted by atomic mass is 10.1. The Kier molecular flexibility index (Phi) is 7.42. The molecule has 0 fully saturated rings. The maximum atomic E-state index is 8.77. The molecule has 0 heterocycles. The topological polar surface area (TPSA) is 35.5 Å². The van der Waals surface area contributed by atoms with Crippen molar-refractivity contribution < 1.29 is 5.11 Å². The second-order valence-corrected chi connectivity index (χ2v) is 5.78. The van der Waals surface area contributed by atoms with Crippen molar-refractivity contribution in [2.45, 2.75) is 32.2 Å². The molecule has 0 bridgehead atoms. The van der Waals surface area contributed by atoms with E-state index in [1.807, 2.05) is 7.05 Å². The van der Waals surface area contributed by atoms with Gasteiger partial charge in [-0.15, -0.1) is 0 Å². The summed E-state index contributed by atoms with van der Waals surface area (Å²) in [6.07, 6.45) is 3.09. The molecule has 1 unspecified atom stereocenters. The first-order valence-electron chi connectivity index (χ1n) is 6.88. The van der Waals surface area contributed by atoms with Crippen LogP contribution in [0, 0.1) is 0 Å². The van der Waals surface area contributed by atoms with Crippen LogP contribution in [0.5, 0.6) is 0 Å². The second-order valence-electron chi connectivity index (χ2n) is 4.92. The normalized spacial score (nSPS) is 12.5. The van der Waals surface area contributed by atoms with Crippen LogP contribution >= 0.6 is 15.9 Å². The van der Waals surface area contributed by atoms with Crippen LogP contribution in [-0.2, 0) is 0 Å². The van der Waals surface area contributed by atoms with Gasteiger partial charge in [0.15, 0.2) is 0 Å². The number of benzene rings is 1. The van der Waals surface area contributed by atoms with Crippen LogP contribution in [0.15, 0.2) is 22.7 Å². The van der Waals surface area contributed by atoms with Gasteiger partial charge in [0.1, 0.15) is 0 Å². The quantitative estimate of drug-likeness (QED) is 0.718. The summed E-state index contributed by atoms with van der Waals surface area (Å²) in [6, 6.07) is 6.86. The highest BCUT2D eigenvalue weighted by atomic mass is 79.9. The van der Waals surface area contributed by atoms with Crippen LogP contribution in [0.25, 0.3) is 0 Å². The molecule has 2 N–H and O–H groups in total. The molecule has 0 saturated carbocycles. The maximum absolute atomic E-state index is 8.77. The van der Waals surface area contributed by atoms with Gasteiger partial charge in [-0.2, -0.15) is 0 Å². The number of aliphatic hydroxyl groups is 1. The maximum Gasteiger partial charge on any atom is 0.0431 e. The SMILES string of the molecule is CNC(C)c1ccc(N(C)CCCCCO)cc1Br. The molecule has 19 heavy (non-hydrogen) atoms. The fourth-order valence-electron chi connectivity index (χ4n) is 2.03. The Bertz CT molecular complexity index is 384. The van der Waals surface area contributed by atoms with E-state index in [9.17, 15) is 0 Å². The van der Waals surface area contributed by atoms with Gasteiger partial charge in [-0.1, -0.05) is 22.0 Å². The number of unbranched alkanes of at least 4 members (excludes halogenated alkanes) is 2. The number of hydrogen-bond donors (Lipinski definition) is 2. The molecule has 0 aliphatic carbocycles. The molecule has 1 aromatic rings. The fraction of sp³-hybridized carbons (Fsp3) is 0.600. The molecule has 0 radical (unpaired) electrons. The highest BCUT2D eigenvalue weighted by Crippen LogP contribution is 2.27. The van der Waals surface area contributed by atoms with Crippen molar-refractivity contribution in [3.05, 3.63) is 28.2 Å². The summed E-state index contributed by atoms with van der Waals surface area (Å²) < 4.78 is 1.15. The number of halogens is 1. The van der Waals surface area contributed by atoms with E-state index in [1.165, 1.54) is 11.3 Å². The Morgan fingerprint density at radius 3 is 2.63 bits per heavy atom. The number of anilines is 1. The van der Waals surface area contributed by atoms with Gasteiger partial charge in [-0.05, 0) is 50.9 Å². The number of nitrogens with zero attached hydrogens (tertiary/aromatic N) is 1. The monoisotopic (exact) mass is 328 g/mol. The number of aliphatic hydroxyl groups excluding tert-OH is 1. The molecule has 0 aliphatic heterocycles. The average molecular weight is 329 g/mol. The zero-order valence-electron chi connectivity index (χ0n) is 12.1. The summed E-state index contributed by atoms with van der Waals surface area (Å²) in [5.41, 5.74) is 2.50. The van der Waals surface area contributed by atoms with Crippen LogP contribution in [0.2, 0.25) is 0 Å². The van der Waals surface area contributed by atoms with Gasteiger partial charge >= 0.3 is 0 Å². The van der Waals surface area contributed by atoms with Crippen molar-refractivity contribution in [2.75, 3.05) is 32.1 Å². The minimum Gasteiger partial charge on any atom is -0.396 e. The zero-order chi connectivity index (χ0) is 14.3. The van der Waals surface area contributed by atoms with Crippen molar-refractivity contribution in [3.8, 4) is 0 Å². The molecule has 0 aromatic heterocycles. The standard InChI is InChI=1S/C15H25BrN2O/c1-12(17-2)14-8-7-13(11-15(14)16)18(3)9-5-4-6-10-19/h7-8,11-12,17,19H,4-6,9-10H2,1-3H3. The van der Waals surface area contributed by atoms with Crippen LogP contribution in [0.4, 0.5) is 5.69 Å². The van der Waals surface area contributed by atoms with Crippen molar-refractivity contribution in [3.63, 3.8) is 0 Å². The molecule has 108 valence electrons. The third kappa shape index (κ3) is 5.13. The molecule has 0 spiro atoms. The summed E-state index contributed by atoms with van der Waals surface area (Å²) in [4.78, 5) is 2.26. The third-order valence-electron chi connectivity index (χ3n) is 3.48. The molecule has 0 saturated heterocycles. The molecule has 1 aromatic carbocycles. The first-order chi connectivity index (χ1) is 9.10. The molecule has 0 amide bonds. The smallest absolute Gasteiger partial charge is 0.0431 e. The van der Waals surface area contributed by atoms with Crippen molar-refractivity contribution in [1.29, 1.82) is 0 Å². The summed E-state index contributed by atoms with van der Waals surface area (Å²) in [5, 5.41) is 12.0. The Labute approximate surface area is 125 Å². The Morgan fingerprint density at radius 1 is 1.32 bits per heavy atom. The van der Waals surface area contributed by atoms with E-state index in [2.05, 4.69) is 58.3 Å². The first kappa shape index (κ1) is 16.5. The molecule has 1 rings (SSSR count). The lowest BCUT2D eigenvalue weighted by Crippen LogP contribution is -2.19. The van der Waals surface area contributed by atoms with Gasteiger partial charge in [0.2, 0.25) is 0 Å². The summed E-state index contributed by atoms with van der Waals surface area (Å²) in [7, 11) is 4.08. The zero-order valence-corrected chi connectivity index (χ0v) is 13.7. The number of hydrogen-bond acceptors (Lipinski definition) is 3. The van der Waals surface area contributed by atoms with E-state index in [4.69, 9.17) is 5.11 Å². The van der Waals surface area contributed by atoms with Crippen molar-refractivity contribution >= 4 is 21.6 Å². The molecule has 0 aliphatic rings. The minimum absolute atomic E-state index is 0.297. The Balaban J connectivity index is 2.61. The van der Waals surface area contributed by atoms with Gasteiger partial charge in [-0.25, -0.2) is 0 Å². The van der Waals surface area contributed by atoms with E-state index in [0.717, 1.165) is 30.3 Å². The molecule has 1 atom stereocenters.